The lowest BCUT2D eigenvalue weighted by atomic mass is 9.65. The van der Waals surface area contributed by atoms with E-state index in [1.165, 1.54) is 4.88 Å². The van der Waals surface area contributed by atoms with E-state index in [1.54, 1.807) is 11.3 Å². The van der Waals surface area contributed by atoms with Crippen molar-refractivity contribution in [1.82, 2.24) is 19.8 Å². The summed E-state index contributed by atoms with van der Waals surface area (Å²) in [5.41, 5.74) is 1.36. The average Bonchev–Trinajstić information content (AvgIpc) is 3.14. The number of anilines is 1. The van der Waals surface area contributed by atoms with Crippen LogP contribution in [-0.4, -0.2) is 77.2 Å². The Kier molecular flexibility index (Phi) is 7.23. The third-order valence-corrected chi connectivity index (χ3v) is 8.80. The lowest BCUT2D eigenvalue weighted by Crippen LogP contribution is -2.53. The second-order valence-corrected chi connectivity index (χ2v) is 12.7. The van der Waals surface area contributed by atoms with Crippen molar-refractivity contribution in [2.45, 2.75) is 60.4 Å². The highest BCUT2D eigenvalue weighted by molar-refractivity contribution is 7.18. The molecule has 0 bridgehead atoms. The minimum Gasteiger partial charge on any atom is -0.481 e. The van der Waals surface area contributed by atoms with E-state index < -0.39 is 11.4 Å². The van der Waals surface area contributed by atoms with Crippen LogP contribution < -0.4 is 4.90 Å². The molecule has 188 valence electrons. The molecule has 2 atom stereocenters. The largest absolute Gasteiger partial charge is 0.481 e. The molecule has 34 heavy (non-hydrogen) atoms. The summed E-state index contributed by atoms with van der Waals surface area (Å²) in [5.74, 6) is 0.713. The first-order valence-corrected chi connectivity index (χ1v) is 13.5. The molecule has 0 radical (unpaired) electrons. The number of hydrogen-bond donors (Lipinski definition) is 1. The molecule has 0 unspecified atom stereocenters. The number of aromatic nitrogens is 2. The van der Waals surface area contributed by atoms with Crippen molar-refractivity contribution in [3.05, 3.63) is 16.6 Å². The number of aliphatic carboxylic acids is 1. The van der Waals surface area contributed by atoms with Crippen molar-refractivity contribution >= 4 is 33.5 Å². The van der Waals surface area contributed by atoms with Gasteiger partial charge < -0.3 is 14.9 Å². The summed E-state index contributed by atoms with van der Waals surface area (Å²) in [6, 6.07) is 2.18. The fourth-order valence-electron chi connectivity index (χ4n) is 5.62. The van der Waals surface area contributed by atoms with E-state index in [0.29, 0.717) is 12.5 Å². The number of aryl methyl sites for hydroxylation is 1. The summed E-state index contributed by atoms with van der Waals surface area (Å²) in [5, 5.41) is 10.3. The fourth-order valence-corrected chi connectivity index (χ4v) is 6.68. The van der Waals surface area contributed by atoms with Crippen LogP contribution in [0.25, 0.3) is 10.3 Å². The smallest absolute Gasteiger partial charge is 0.310 e. The number of piperidine rings is 1. The summed E-state index contributed by atoms with van der Waals surface area (Å²) < 4.78 is 0. The van der Waals surface area contributed by atoms with E-state index in [9.17, 15) is 9.90 Å². The van der Waals surface area contributed by atoms with Crippen LogP contribution in [0, 0.1) is 23.7 Å². The number of rotatable bonds is 6. The third kappa shape index (κ3) is 5.24. The van der Waals surface area contributed by atoms with Gasteiger partial charge in [-0.25, -0.2) is 9.97 Å². The summed E-state index contributed by atoms with van der Waals surface area (Å²) >= 11 is 1.70. The van der Waals surface area contributed by atoms with Gasteiger partial charge in [0.25, 0.3) is 0 Å². The van der Waals surface area contributed by atoms with Crippen LogP contribution in [0.15, 0.2) is 6.07 Å². The number of thiophene rings is 1. The Bertz CT molecular complexity index is 1020. The highest BCUT2D eigenvalue weighted by Gasteiger charge is 2.47. The van der Waals surface area contributed by atoms with Gasteiger partial charge >= 0.3 is 5.97 Å². The number of likely N-dealkylation sites (tertiary alicyclic amines) is 1. The Balaban J connectivity index is 1.58. The number of carboxylic acids is 1. The topological polar surface area (TPSA) is 72.8 Å². The highest BCUT2D eigenvalue weighted by atomic mass is 32.1. The predicted molar refractivity (Wildman–Crippen MR) is 140 cm³/mol. The summed E-state index contributed by atoms with van der Waals surface area (Å²) in [6.07, 6.45) is 2.38. The number of fused-ring (bicyclic) bond motifs is 1. The first-order chi connectivity index (χ1) is 16.0. The molecule has 0 spiro atoms. The fraction of sp³-hybridized carbons (Fsp3) is 0.731. The van der Waals surface area contributed by atoms with Gasteiger partial charge in [0.1, 0.15) is 10.3 Å². The number of carbonyl (C=O) groups is 1. The SMILES string of the molecule is CCC[C@@]1(C(=O)O)C[C@@H](C(C)(C)C)CN(Cc2cc3nc(N4CCN(C)CC4)c(C)nc3s2)C1. The second-order valence-electron chi connectivity index (χ2n) is 11.6. The molecule has 2 aromatic heterocycles. The predicted octanol–water partition coefficient (Wildman–Crippen LogP) is 4.49. The number of hydrogen-bond acceptors (Lipinski definition) is 7. The van der Waals surface area contributed by atoms with Crippen LogP contribution in [0.1, 0.15) is 57.5 Å². The van der Waals surface area contributed by atoms with Crippen LogP contribution in [0.3, 0.4) is 0 Å². The monoisotopic (exact) mass is 487 g/mol. The average molecular weight is 488 g/mol. The van der Waals surface area contributed by atoms with E-state index in [1.807, 2.05) is 0 Å². The Morgan fingerprint density at radius 1 is 1.24 bits per heavy atom. The first kappa shape index (κ1) is 25.3. The minimum atomic E-state index is -0.663. The molecule has 0 amide bonds. The molecule has 2 aliphatic rings. The number of carboxylic acid groups (broad SMARTS) is 1. The van der Waals surface area contributed by atoms with Gasteiger partial charge in [-0.05, 0) is 44.2 Å². The molecule has 0 aliphatic carbocycles. The van der Waals surface area contributed by atoms with Crippen LogP contribution in [0.5, 0.6) is 0 Å². The molecule has 2 aromatic rings. The van der Waals surface area contributed by atoms with Gasteiger partial charge in [0, 0.05) is 50.7 Å². The van der Waals surface area contributed by atoms with Crippen molar-refractivity contribution < 1.29 is 9.90 Å². The molecule has 4 heterocycles. The van der Waals surface area contributed by atoms with Crippen LogP contribution in [0.4, 0.5) is 5.82 Å². The van der Waals surface area contributed by atoms with Gasteiger partial charge in [0.05, 0.1) is 11.1 Å². The second kappa shape index (κ2) is 9.70. The maximum Gasteiger partial charge on any atom is 0.310 e. The third-order valence-electron chi connectivity index (χ3n) is 7.80. The zero-order valence-corrected chi connectivity index (χ0v) is 22.5. The summed E-state index contributed by atoms with van der Waals surface area (Å²) in [7, 11) is 2.16. The normalized spacial score (nSPS) is 25.2. The molecule has 2 aliphatic heterocycles. The van der Waals surface area contributed by atoms with Gasteiger partial charge in [-0.2, -0.15) is 0 Å². The van der Waals surface area contributed by atoms with Crippen molar-refractivity contribution in [3.8, 4) is 0 Å². The molecule has 8 heteroatoms. The molecule has 1 N–H and O–H groups in total. The van der Waals surface area contributed by atoms with Gasteiger partial charge in [-0.1, -0.05) is 34.1 Å². The maximum absolute atomic E-state index is 12.5. The highest BCUT2D eigenvalue weighted by Crippen LogP contribution is 2.44. The van der Waals surface area contributed by atoms with E-state index >= 15 is 0 Å². The summed E-state index contributed by atoms with van der Waals surface area (Å²) in [6.45, 7) is 17.2. The molecule has 0 saturated carbocycles. The molecular weight excluding hydrogens is 446 g/mol. The molecule has 7 nitrogen and oxygen atoms in total. The van der Waals surface area contributed by atoms with Gasteiger partial charge in [-0.3, -0.25) is 9.69 Å². The van der Waals surface area contributed by atoms with Crippen molar-refractivity contribution in [1.29, 1.82) is 0 Å². The Morgan fingerprint density at radius 3 is 2.56 bits per heavy atom. The van der Waals surface area contributed by atoms with E-state index in [2.05, 4.69) is 62.4 Å². The van der Waals surface area contributed by atoms with Gasteiger partial charge in [0.2, 0.25) is 0 Å². The van der Waals surface area contributed by atoms with Crippen LogP contribution >= 0.6 is 11.3 Å². The van der Waals surface area contributed by atoms with E-state index in [4.69, 9.17) is 9.97 Å². The van der Waals surface area contributed by atoms with Crippen molar-refractivity contribution in [2.75, 3.05) is 51.2 Å². The molecule has 4 rings (SSSR count). The molecule has 2 fully saturated rings. The zero-order valence-electron chi connectivity index (χ0n) is 21.7. The molecule has 0 aromatic carbocycles. The number of piperazine rings is 1. The quantitative estimate of drug-likeness (QED) is 0.643. The lowest BCUT2D eigenvalue weighted by molar-refractivity contribution is -0.156. The number of likely N-dealkylation sites (N-methyl/N-ethyl adjacent to an activating group) is 1. The van der Waals surface area contributed by atoms with Gasteiger partial charge in [-0.15, -0.1) is 11.3 Å². The summed E-state index contributed by atoms with van der Waals surface area (Å²) in [4.78, 5) is 31.7. The maximum atomic E-state index is 12.5. The first-order valence-electron chi connectivity index (χ1n) is 12.7. The Labute approximate surface area is 208 Å². The van der Waals surface area contributed by atoms with Crippen LogP contribution in [0.2, 0.25) is 0 Å². The number of nitrogens with zero attached hydrogens (tertiary/aromatic N) is 5. The van der Waals surface area contributed by atoms with Crippen molar-refractivity contribution in [3.63, 3.8) is 0 Å². The molecule has 2 saturated heterocycles. The lowest BCUT2D eigenvalue weighted by Gasteiger charge is -2.48. The van der Waals surface area contributed by atoms with Gasteiger partial charge in [0.15, 0.2) is 5.82 Å². The van der Waals surface area contributed by atoms with E-state index in [0.717, 1.165) is 80.4 Å². The molecular formula is C26H41N5O2S. The van der Waals surface area contributed by atoms with E-state index in [-0.39, 0.29) is 5.41 Å². The Hall–Kier alpha value is -1.77. The standard InChI is InChI=1S/C26H41N5O2S/c1-7-8-26(24(32)33)14-19(25(3,4)5)15-30(17-26)16-20-13-21-23(34-20)27-18(2)22(28-21)31-11-9-29(6)10-12-31/h13,19H,7-12,14-17H2,1-6H3,(H,32,33)/t19-,26-/m1/s1. The van der Waals surface area contributed by atoms with Crippen molar-refractivity contribution in [2.24, 2.45) is 16.7 Å². The zero-order chi connectivity index (χ0) is 24.7. The minimum absolute atomic E-state index is 0.0743. The van der Waals surface area contributed by atoms with Crippen LogP contribution in [-0.2, 0) is 11.3 Å². The Morgan fingerprint density at radius 2 is 1.94 bits per heavy atom.